The molecular weight excluding hydrogens is 251 g/mol. The molecule has 3 nitrogen and oxygen atoms in total. The van der Waals surface area contributed by atoms with Crippen LogP contribution < -0.4 is 0 Å². The number of carbonyl (C=O) groups excluding carboxylic acids is 1. The molecule has 1 atom stereocenters. The Morgan fingerprint density at radius 2 is 1.65 bits per heavy atom. The summed E-state index contributed by atoms with van der Waals surface area (Å²) < 4.78 is 11.3. The van der Waals surface area contributed by atoms with Gasteiger partial charge in [-0.3, -0.25) is 4.79 Å². The molecule has 0 aromatic rings. The summed E-state index contributed by atoms with van der Waals surface area (Å²) in [4.78, 5) is 11.9. The van der Waals surface area contributed by atoms with Gasteiger partial charge in [-0.15, -0.1) is 0 Å². The molecule has 0 amide bonds. The highest BCUT2D eigenvalue weighted by Gasteiger charge is 2.28. The topological polar surface area (TPSA) is 35.5 Å². The first-order valence-corrected chi connectivity index (χ1v) is 7.75. The zero-order valence-electron chi connectivity index (χ0n) is 14.7. The monoisotopic (exact) mass is 284 g/mol. The van der Waals surface area contributed by atoms with E-state index < -0.39 is 5.50 Å². The highest BCUT2D eigenvalue weighted by atomic mass is 16.5. The normalized spacial score (nSPS) is 14.2. The van der Waals surface area contributed by atoms with Crippen LogP contribution in [0.3, 0.4) is 0 Å². The van der Waals surface area contributed by atoms with Gasteiger partial charge >= 0.3 is 0 Å². The SMILES string of the molecule is CC(C)CC(C)OC(=O)BC(C)(C)OCCC(C)(C)C. The second-order valence-corrected chi connectivity index (χ2v) is 8.03. The van der Waals surface area contributed by atoms with Crippen LogP contribution in [0.15, 0.2) is 0 Å². The maximum absolute atomic E-state index is 11.9. The minimum Gasteiger partial charge on any atom is -0.471 e. The summed E-state index contributed by atoms with van der Waals surface area (Å²) in [5.74, 6) is 0.368. The van der Waals surface area contributed by atoms with E-state index in [0.29, 0.717) is 19.8 Å². The predicted octanol–water partition coefficient (Wildman–Crippen LogP) is 4.18. The van der Waals surface area contributed by atoms with E-state index in [1.165, 1.54) is 0 Å². The van der Waals surface area contributed by atoms with Crippen molar-refractivity contribution in [3.8, 4) is 0 Å². The van der Waals surface area contributed by atoms with Gasteiger partial charge in [0, 0.05) is 12.1 Å². The summed E-state index contributed by atoms with van der Waals surface area (Å²) in [6, 6.07) is 0. The molecular formula is C16H33BO3. The van der Waals surface area contributed by atoms with Gasteiger partial charge in [-0.1, -0.05) is 34.6 Å². The smallest absolute Gasteiger partial charge is 0.296 e. The van der Waals surface area contributed by atoms with Crippen molar-refractivity contribution in [2.24, 2.45) is 11.3 Å². The number of rotatable bonds is 8. The molecule has 0 aromatic carbocycles. The average molecular weight is 284 g/mol. The van der Waals surface area contributed by atoms with Gasteiger partial charge in [0.05, 0.1) is 6.10 Å². The van der Waals surface area contributed by atoms with Crippen LogP contribution in [0.4, 0.5) is 4.79 Å². The molecule has 0 aliphatic heterocycles. The summed E-state index contributed by atoms with van der Waals surface area (Å²) in [6.07, 6.45) is 1.86. The molecule has 0 saturated heterocycles. The van der Waals surface area contributed by atoms with E-state index in [1.807, 2.05) is 20.8 Å². The summed E-state index contributed by atoms with van der Waals surface area (Å²) in [7, 11) is 0.305. The van der Waals surface area contributed by atoms with Gasteiger partial charge in [-0.05, 0) is 44.9 Å². The lowest BCUT2D eigenvalue weighted by atomic mass is 9.62. The standard InChI is InChI=1S/C16H33BO3/c1-12(2)11-13(3)20-14(18)17-16(7,8)19-10-9-15(4,5)6/h12-13,17H,9-11H2,1-8H3. The molecule has 0 saturated carbocycles. The van der Waals surface area contributed by atoms with Crippen molar-refractivity contribution in [2.75, 3.05) is 6.61 Å². The number of ether oxygens (including phenoxy) is 2. The first-order chi connectivity index (χ1) is 8.91. The predicted molar refractivity (Wildman–Crippen MR) is 86.7 cm³/mol. The first kappa shape index (κ1) is 19.5. The van der Waals surface area contributed by atoms with Gasteiger partial charge in [0.15, 0.2) is 0 Å². The van der Waals surface area contributed by atoms with E-state index in [2.05, 4.69) is 34.6 Å². The fourth-order valence-corrected chi connectivity index (χ4v) is 2.01. The number of hydrogen-bond donors (Lipinski definition) is 0. The summed E-state index contributed by atoms with van der Waals surface area (Å²) >= 11 is 0. The largest absolute Gasteiger partial charge is 0.471 e. The fourth-order valence-electron chi connectivity index (χ4n) is 2.01. The Hall–Kier alpha value is -0.505. The molecule has 0 spiro atoms. The van der Waals surface area contributed by atoms with E-state index in [9.17, 15) is 4.79 Å². The molecule has 1 unspecified atom stereocenters. The van der Waals surface area contributed by atoms with Gasteiger partial charge in [0.2, 0.25) is 0 Å². The lowest BCUT2D eigenvalue weighted by molar-refractivity contribution is 0.0268. The molecule has 0 aromatic heterocycles. The maximum atomic E-state index is 11.9. The Kier molecular flexibility index (Phi) is 7.86. The zero-order chi connectivity index (χ0) is 16.0. The minimum absolute atomic E-state index is 0.0205. The molecule has 118 valence electrons. The third-order valence-corrected chi connectivity index (χ3v) is 3.05. The van der Waals surface area contributed by atoms with Gasteiger partial charge < -0.3 is 9.47 Å². The van der Waals surface area contributed by atoms with Crippen LogP contribution in [0.5, 0.6) is 0 Å². The van der Waals surface area contributed by atoms with Crippen molar-refractivity contribution in [1.29, 1.82) is 0 Å². The Morgan fingerprint density at radius 1 is 1.10 bits per heavy atom. The van der Waals surface area contributed by atoms with E-state index in [4.69, 9.17) is 9.47 Å². The van der Waals surface area contributed by atoms with Crippen molar-refractivity contribution in [3.05, 3.63) is 0 Å². The summed E-state index contributed by atoms with van der Waals surface area (Å²) in [5, 5.41) is 0. The summed E-state index contributed by atoms with van der Waals surface area (Å²) in [6.45, 7) is 17.3. The average Bonchev–Trinajstić information content (AvgIpc) is 2.10. The van der Waals surface area contributed by atoms with Gasteiger partial charge in [-0.25, -0.2) is 0 Å². The molecule has 0 rings (SSSR count). The molecule has 0 heterocycles. The molecule has 4 heteroatoms. The van der Waals surface area contributed by atoms with Crippen LogP contribution >= 0.6 is 0 Å². The second kappa shape index (κ2) is 8.06. The molecule has 0 aliphatic carbocycles. The Bertz CT molecular complexity index is 293. The molecule has 0 aliphatic rings. The van der Waals surface area contributed by atoms with E-state index in [0.717, 1.165) is 12.8 Å². The Labute approximate surface area is 126 Å². The lowest BCUT2D eigenvalue weighted by Crippen LogP contribution is -2.39. The van der Waals surface area contributed by atoms with Crippen molar-refractivity contribution >= 4 is 13.1 Å². The van der Waals surface area contributed by atoms with Crippen LogP contribution in [0.1, 0.15) is 68.2 Å². The van der Waals surface area contributed by atoms with Gasteiger partial charge in [0.1, 0.15) is 0 Å². The van der Waals surface area contributed by atoms with Crippen molar-refractivity contribution < 1.29 is 14.3 Å². The highest BCUT2D eigenvalue weighted by Crippen LogP contribution is 2.20. The molecule has 0 N–H and O–H groups in total. The first-order valence-electron chi connectivity index (χ1n) is 7.75. The highest BCUT2D eigenvalue weighted by molar-refractivity contribution is 6.74. The minimum atomic E-state index is -0.458. The quantitative estimate of drug-likeness (QED) is 0.627. The van der Waals surface area contributed by atoms with E-state index in [1.54, 1.807) is 0 Å². The van der Waals surface area contributed by atoms with E-state index >= 15 is 0 Å². The maximum Gasteiger partial charge on any atom is 0.296 e. The van der Waals surface area contributed by atoms with Gasteiger partial charge in [0.25, 0.3) is 13.1 Å². The van der Waals surface area contributed by atoms with Gasteiger partial charge in [-0.2, -0.15) is 0 Å². The third kappa shape index (κ3) is 11.3. The summed E-state index contributed by atoms with van der Waals surface area (Å²) in [5.41, 5.74) is -0.206. The number of hydrogen-bond acceptors (Lipinski definition) is 3. The fraction of sp³-hybridized carbons (Fsp3) is 0.938. The zero-order valence-corrected chi connectivity index (χ0v) is 14.7. The van der Waals surface area contributed by atoms with Crippen LogP contribution in [0.2, 0.25) is 0 Å². The lowest BCUT2D eigenvalue weighted by Gasteiger charge is -2.27. The van der Waals surface area contributed by atoms with Crippen LogP contribution in [-0.2, 0) is 9.47 Å². The molecule has 0 radical (unpaired) electrons. The van der Waals surface area contributed by atoms with Crippen molar-refractivity contribution in [3.63, 3.8) is 0 Å². The number of carbonyl (C=O) groups is 1. The molecule has 0 bridgehead atoms. The second-order valence-electron chi connectivity index (χ2n) is 8.03. The van der Waals surface area contributed by atoms with Crippen LogP contribution in [0.25, 0.3) is 0 Å². The van der Waals surface area contributed by atoms with E-state index in [-0.39, 0.29) is 17.4 Å². The van der Waals surface area contributed by atoms with Crippen LogP contribution in [0, 0.1) is 11.3 Å². The Morgan fingerprint density at radius 3 is 2.10 bits per heavy atom. The van der Waals surface area contributed by atoms with Crippen LogP contribution in [-0.4, -0.2) is 31.4 Å². The Balaban J connectivity index is 4.09. The van der Waals surface area contributed by atoms with Crippen molar-refractivity contribution in [2.45, 2.75) is 79.8 Å². The molecule has 20 heavy (non-hydrogen) atoms. The van der Waals surface area contributed by atoms with Crippen molar-refractivity contribution in [1.82, 2.24) is 0 Å². The third-order valence-electron chi connectivity index (χ3n) is 3.05. The molecule has 0 fully saturated rings.